The maximum absolute atomic E-state index is 12.6. The number of hydrogen-bond acceptors (Lipinski definition) is 5. The van der Waals surface area contributed by atoms with Crippen LogP contribution in [0.1, 0.15) is 15.9 Å². The molecule has 1 saturated heterocycles. The van der Waals surface area contributed by atoms with Crippen molar-refractivity contribution < 1.29 is 13.2 Å². The number of rotatable bonds is 5. The molecular weight excluding hydrogens is 404 g/mol. The zero-order chi connectivity index (χ0) is 21.1. The lowest BCUT2D eigenvalue weighted by molar-refractivity contribution is 0.102. The first-order valence-corrected chi connectivity index (χ1v) is 11.4. The summed E-state index contributed by atoms with van der Waals surface area (Å²) in [6, 6.07) is 15.9. The lowest BCUT2D eigenvalue weighted by atomic mass is 10.1. The van der Waals surface area contributed by atoms with E-state index in [1.54, 1.807) is 41.2 Å². The fourth-order valence-electron chi connectivity index (χ4n) is 3.37. The molecule has 3 aromatic rings. The molecule has 30 heavy (non-hydrogen) atoms. The van der Waals surface area contributed by atoms with Crippen LogP contribution in [-0.4, -0.2) is 53.6 Å². The van der Waals surface area contributed by atoms with E-state index in [0.29, 0.717) is 30.9 Å². The van der Waals surface area contributed by atoms with Gasteiger partial charge in [0.2, 0.25) is 0 Å². The normalized spacial score (nSPS) is 16.3. The highest BCUT2D eigenvalue weighted by molar-refractivity contribution is 7.91. The molecule has 1 fully saturated rings. The minimum absolute atomic E-state index is 0.181. The van der Waals surface area contributed by atoms with Crippen molar-refractivity contribution in [3.8, 4) is 5.69 Å². The lowest BCUT2D eigenvalue weighted by Crippen LogP contribution is -2.39. The molecule has 2 N–H and O–H groups in total. The van der Waals surface area contributed by atoms with Crippen molar-refractivity contribution in [1.82, 2.24) is 14.7 Å². The van der Waals surface area contributed by atoms with Crippen molar-refractivity contribution in [3.05, 3.63) is 82.3 Å². The molecule has 0 bridgehead atoms. The van der Waals surface area contributed by atoms with Crippen LogP contribution in [0.4, 0.5) is 5.69 Å². The molecule has 156 valence electrons. The summed E-state index contributed by atoms with van der Waals surface area (Å²) in [6.07, 6.45) is 1.64. The van der Waals surface area contributed by atoms with Gasteiger partial charge in [0, 0.05) is 43.1 Å². The SMILES string of the molecule is O=C(Nc1ccc(-n2ccc(=O)[nH]2)cc1)c1cccc(CN2CCS(=O)(=O)CC2)c1. The third-order valence-corrected chi connectivity index (χ3v) is 6.65. The second-order valence-corrected chi connectivity index (χ2v) is 9.59. The number of sulfone groups is 1. The van der Waals surface area contributed by atoms with Crippen LogP contribution >= 0.6 is 0 Å². The molecular formula is C21H22N4O4S. The standard InChI is InChI=1S/C21H22N4O4S/c26-20-8-9-25(23-20)19-6-4-18(5-7-19)22-21(27)17-3-1-2-16(14-17)15-24-10-12-30(28,29)13-11-24/h1-9,14H,10-13,15H2,(H,22,27)(H,23,26). The Morgan fingerprint density at radius 3 is 2.43 bits per heavy atom. The van der Waals surface area contributed by atoms with Gasteiger partial charge in [-0.15, -0.1) is 0 Å². The number of anilines is 1. The van der Waals surface area contributed by atoms with Crippen LogP contribution in [0.2, 0.25) is 0 Å². The van der Waals surface area contributed by atoms with E-state index in [1.807, 2.05) is 18.2 Å². The van der Waals surface area contributed by atoms with E-state index >= 15 is 0 Å². The summed E-state index contributed by atoms with van der Waals surface area (Å²) in [6.45, 7) is 1.63. The first-order chi connectivity index (χ1) is 14.4. The van der Waals surface area contributed by atoms with E-state index in [-0.39, 0.29) is 23.0 Å². The molecule has 2 heterocycles. The second kappa shape index (κ2) is 8.29. The van der Waals surface area contributed by atoms with Crippen molar-refractivity contribution in [3.63, 3.8) is 0 Å². The molecule has 0 atom stereocenters. The molecule has 8 nitrogen and oxygen atoms in total. The summed E-state index contributed by atoms with van der Waals surface area (Å²) >= 11 is 0. The van der Waals surface area contributed by atoms with E-state index in [1.165, 1.54) is 6.07 Å². The number of hydrogen-bond donors (Lipinski definition) is 2. The molecule has 0 unspecified atom stereocenters. The first-order valence-electron chi connectivity index (χ1n) is 9.59. The van der Waals surface area contributed by atoms with Crippen LogP contribution < -0.4 is 10.9 Å². The van der Waals surface area contributed by atoms with Crippen molar-refractivity contribution >= 4 is 21.4 Å². The van der Waals surface area contributed by atoms with Crippen LogP contribution in [0.15, 0.2) is 65.6 Å². The van der Waals surface area contributed by atoms with Gasteiger partial charge in [0.1, 0.15) is 0 Å². The average molecular weight is 426 g/mol. The number of benzene rings is 2. The number of amides is 1. The first kappa shape index (κ1) is 20.1. The van der Waals surface area contributed by atoms with Crippen LogP contribution in [0, 0.1) is 0 Å². The minimum Gasteiger partial charge on any atom is -0.322 e. The van der Waals surface area contributed by atoms with Gasteiger partial charge in [-0.25, -0.2) is 8.42 Å². The molecule has 0 saturated carbocycles. The molecule has 1 aromatic heterocycles. The highest BCUT2D eigenvalue weighted by atomic mass is 32.2. The maximum Gasteiger partial charge on any atom is 0.264 e. The molecule has 1 amide bonds. The van der Waals surface area contributed by atoms with E-state index < -0.39 is 9.84 Å². The molecule has 1 aliphatic heterocycles. The number of aromatic amines is 1. The van der Waals surface area contributed by atoms with Gasteiger partial charge in [-0.3, -0.25) is 24.3 Å². The summed E-state index contributed by atoms with van der Waals surface area (Å²) in [5.41, 5.74) is 2.74. The van der Waals surface area contributed by atoms with Gasteiger partial charge in [0.05, 0.1) is 17.2 Å². The van der Waals surface area contributed by atoms with Crippen LogP contribution in [0.25, 0.3) is 5.69 Å². The summed E-state index contributed by atoms with van der Waals surface area (Å²) in [4.78, 5) is 26.0. The fourth-order valence-corrected chi connectivity index (χ4v) is 4.65. The van der Waals surface area contributed by atoms with Gasteiger partial charge in [0.15, 0.2) is 9.84 Å². The summed E-state index contributed by atoms with van der Waals surface area (Å²) in [5.74, 6) is 0.139. The smallest absolute Gasteiger partial charge is 0.264 e. The molecule has 9 heteroatoms. The largest absolute Gasteiger partial charge is 0.322 e. The summed E-state index contributed by atoms with van der Waals surface area (Å²) in [7, 11) is -2.91. The Bertz CT molecular complexity index is 1200. The van der Waals surface area contributed by atoms with Gasteiger partial charge >= 0.3 is 0 Å². The number of H-pyrrole nitrogens is 1. The van der Waals surface area contributed by atoms with Gasteiger partial charge < -0.3 is 5.32 Å². The highest BCUT2D eigenvalue weighted by Gasteiger charge is 2.21. The van der Waals surface area contributed by atoms with E-state index in [9.17, 15) is 18.0 Å². The van der Waals surface area contributed by atoms with E-state index in [2.05, 4.69) is 15.3 Å². The van der Waals surface area contributed by atoms with Gasteiger partial charge in [-0.2, -0.15) is 0 Å². The Morgan fingerprint density at radius 2 is 1.77 bits per heavy atom. The van der Waals surface area contributed by atoms with E-state index in [4.69, 9.17) is 0 Å². The number of carbonyl (C=O) groups is 1. The van der Waals surface area contributed by atoms with Gasteiger partial charge in [-0.1, -0.05) is 12.1 Å². The summed E-state index contributed by atoms with van der Waals surface area (Å²) < 4.78 is 24.7. The number of aromatic nitrogens is 2. The number of nitrogens with zero attached hydrogens (tertiary/aromatic N) is 2. The van der Waals surface area contributed by atoms with Crippen molar-refractivity contribution in [2.75, 3.05) is 29.9 Å². The number of carbonyl (C=O) groups excluding carboxylic acids is 1. The van der Waals surface area contributed by atoms with Crippen molar-refractivity contribution in [1.29, 1.82) is 0 Å². The van der Waals surface area contributed by atoms with Crippen LogP contribution in [0.3, 0.4) is 0 Å². The molecule has 0 aliphatic carbocycles. The average Bonchev–Trinajstić information content (AvgIpc) is 3.17. The Hall–Kier alpha value is -3.17. The molecule has 1 aliphatic rings. The fraction of sp³-hybridized carbons (Fsp3) is 0.238. The Balaban J connectivity index is 1.40. The molecule has 0 spiro atoms. The third kappa shape index (κ3) is 4.87. The van der Waals surface area contributed by atoms with E-state index in [0.717, 1.165) is 11.3 Å². The lowest BCUT2D eigenvalue weighted by Gasteiger charge is -2.26. The highest BCUT2D eigenvalue weighted by Crippen LogP contribution is 2.15. The van der Waals surface area contributed by atoms with Gasteiger partial charge in [-0.05, 0) is 42.0 Å². The minimum atomic E-state index is -2.91. The topological polar surface area (TPSA) is 104 Å². The third-order valence-electron chi connectivity index (χ3n) is 5.04. The van der Waals surface area contributed by atoms with Crippen LogP contribution in [0.5, 0.6) is 0 Å². The molecule has 2 aromatic carbocycles. The zero-order valence-corrected chi connectivity index (χ0v) is 17.1. The predicted molar refractivity (Wildman–Crippen MR) is 115 cm³/mol. The maximum atomic E-state index is 12.6. The quantitative estimate of drug-likeness (QED) is 0.646. The second-order valence-electron chi connectivity index (χ2n) is 7.29. The summed E-state index contributed by atoms with van der Waals surface area (Å²) in [5, 5.41) is 5.53. The monoisotopic (exact) mass is 426 g/mol. The zero-order valence-electron chi connectivity index (χ0n) is 16.2. The Kier molecular flexibility index (Phi) is 5.56. The van der Waals surface area contributed by atoms with Gasteiger partial charge in [0.25, 0.3) is 11.5 Å². The molecule has 0 radical (unpaired) electrons. The Morgan fingerprint density at radius 1 is 1.03 bits per heavy atom. The van der Waals surface area contributed by atoms with Crippen molar-refractivity contribution in [2.24, 2.45) is 0 Å². The van der Waals surface area contributed by atoms with Crippen LogP contribution in [-0.2, 0) is 16.4 Å². The molecule has 4 rings (SSSR count). The number of nitrogens with one attached hydrogen (secondary N) is 2. The van der Waals surface area contributed by atoms with Crippen molar-refractivity contribution in [2.45, 2.75) is 6.54 Å². The Labute approximate surface area is 174 Å². The predicted octanol–water partition coefficient (Wildman–Crippen LogP) is 1.65.